The van der Waals surface area contributed by atoms with Crippen LogP contribution in [-0.4, -0.2) is 42.9 Å². The number of fused-ring (bicyclic) bond motifs is 1. The number of rotatable bonds is 7. The Morgan fingerprint density at radius 2 is 1.33 bits per heavy atom. The summed E-state index contributed by atoms with van der Waals surface area (Å²) in [5, 5.41) is 0. The quantitative estimate of drug-likeness (QED) is 0.338. The van der Waals surface area contributed by atoms with Crippen molar-refractivity contribution >= 4 is 26.8 Å². The van der Waals surface area contributed by atoms with Gasteiger partial charge >= 0.3 is 5.97 Å². The molecule has 1 aliphatic heterocycles. The first-order valence-corrected chi connectivity index (χ1v) is 14.0. The van der Waals surface area contributed by atoms with Gasteiger partial charge in [0.1, 0.15) is 6.61 Å². The van der Waals surface area contributed by atoms with Crippen LogP contribution >= 0.6 is 0 Å². The smallest absolute Gasteiger partial charge is 0.335 e. The number of imide groups is 1. The predicted molar refractivity (Wildman–Crippen MR) is 129 cm³/mol. The average Bonchev–Trinajstić information content (AvgIpc) is 3.01. The van der Waals surface area contributed by atoms with Gasteiger partial charge in [-0.15, -0.1) is 0 Å². The van der Waals surface area contributed by atoms with Crippen molar-refractivity contribution in [2.75, 3.05) is 0 Å². The fraction of sp³-hybridized carbons (Fsp3) is 0.423. The van der Waals surface area contributed by atoms with E-state index in [-0.39, 0.29) is 17.7 Å². The van der Waals surface area contributed by atoms with Gasteiger partial charge in [-0.25, -0.2) is 4.79 Å². The zero-order valence-electron chi connectivity index (χ0n) is 20.5. The van der Waals surface area contributed by atoms with E-state index in [1.807, 2.05) is 71.1 Å². The van der Waals surface area contributed by atoms with Crippen LogP contribution in [0, 0.1) is 5.41 Å². The third-order valence-corrected chi connectivity index (χ3v) is 7.63. The van der Waals surface area contributed by atoms with Crippen molar-refractivity contribution in [3.63, 3.8) is 0 Å². The normalized spacial score (nSPS) is 17.5. The molecule has 3 rings (SSSR count). The summed E-state index contributed by atoms with van der Waals surface area (Å²) < 4.78 is 12.3. The fourth-order valence-corrected chi connectivity index (χ4v) is 5.98. The molecule has 0 fully saturated rings. The Morgan fingerprint density at radius 3 is 1.79 bits per heavy atom. The van der Waals surface area contributed by atoms with Crippen LogP contribution in [-0.2, 0) is 20.6 Å². The SMILES string of the molecule is C[SiH](C)O[C@](C)(C(C)(C)C)[C@@](C)(C(=O)OCc1ccccc1)N1C(=O)c2ccccc2C1=O. The number of hydrogen-bond acceptors (Lipinski definition) is 5. The second kappa shape index (κ2) is 8.87. The molecule has 1 heterocycles. The van der Waals surface area contributed by atoms with E-state index in [1.165, 1.54) is 0 Å². The molecule has 0 saturated carbocycles. The van der Waals surface area contributed by atoms with E-state index < -0.39 is 43.4 Å². The van der Waals surface area contributed by atoms with E-state index in [9.17, 15) is 14.4 Å². The highest BCUT2D eigenvalue weighted by Crippen LogP contribution is 2.48. The Bertz CT molecular complexity index is 1030. The Kier molecular flexibility index (Phi) is 6.69. The molecule has 0 radical (unpaired) electrons. The number of benzene rings is 2. The van der Waals surface area contributed by atoms with Crippen LogP contribution in [0.1, 0.15) is 60.9 Å². The van der Waals surface area contributed by atoms with E-state index in [4.69, 9.17) is 9.16 Å². The van der Waals surface area contributed by atoms with Crippen LogP contribution in [0.25, 0.3) is 0 Å². The van der Waals surface area contributed by atoms with E-state index in [0.717, 1.165) is 10.5 Å². The molecule has 0 unspecified atom stereocenters. The van der Waals surface area contributed by atoms with Gasteiger partial charge in [-0.2, -0.15) is 0 Å². The number of esters is 1. The molecule has 2 atom stereocenters. The molecule has 2 amide bonds. The van der Waals surface area contributed by atoms with Gasteiger partial charge in [0.15, 0.2) is 14.6 Å². The summed E-state index contributed by atoms with van der Waals surface area (Å²) in [7, 11) is -1.73. The highest BCUT2D eigenvalue weighted by atomic mass is 28.3. The Labute approximate surface area is 197 Å². The van der Waals surface area contributed by atoms with E-state index in [2.05, 4.69) is 0 Å². The lowest BCUT2D eigenvalue weighted by Gasteiger charge is -2.55. The Morgan fingerprint density at radius 1 is 0.848 bits per heavy atom. The third-order valence-electron chi connectivity index (χ3n) is 6.68. The molecule has 33 heavy (non-hydrogen) atoms. The van der Waals surface area contributed by atoms with Gasteiger partial charge in [0.05, 0.1) is 16.7 Å². The second-order valence-electron chi connectivity index (χ2n) is 10.1. The predicted octanol–water partition coefficient (Wildman–Crippen LogP) is 4.59. The number of hydrogen-bond donors (Lipinski definition) is 0. The first kappa shape index (κ1) is 24.9. The largest absolute Gasteiger partial charge is 0.459 e. The van der Waals surface area contributed by atoms with E-state index in [1.54, 1.807) is 31.2 Å². The van der Waals surface area contributed by atoms with E-state index in [0.29, 0.717) is 0 Å². The number of carbonyl (C=O) groups excluding carboxylic acids is 3. The van der Waals surface area contributed by atoms with Crippen molar-refractivity contribution < 1.29 is 23.5 Å². The lowest BCUT2D eigenvalue weighted by atomic mass is 9.65. The zero-order valence-corrected chi connectivity index (χ0v) is 21.6. The first-order valence-electron chi connectivity index (χ1n) is 11.2. The molecule has 0 spiro atoms. The zero-order chi connectivity index (χ0) is 24.6. The molecule has 0 bridgehead atoms. The van der Waals surface area contributed by atoms with Gasteiger partial charge in [-0.1, -0.05) is 63.2 Å². The summed E-state index contributed by atoms with van der Waals surface area (Å²) in [6, 6.07) is 15.9. The number of ether oxygens (including phenoxy) is 1. The molecular formula is C26H33NO5Si. The molecule has 2 aromatic rings. The number of amides is 2. The molecule has 0 saturated heterocycles. The van der Waals surface area contributed by atoms with Crippen molar-refractivity contribution in [2.24, 2.45) is 5.41 Å². The van der Waals surface area contributed by atoms with Gasteiger partial charge in [0, 0.05) is 0 Å². The topological polar surface area (TPSA) is 72.9 Å². The van der Waals surface area contributed by atoms with Crippen molar-refractivity contribution in [2.45, 2.75) is 65.5 Å². The summed E-state index contributed by atoms with van der Waals surface area (Å²) in [4.78, 5) is 42.1. The third kappa shape index (κ3) is 4.15. The minimum Gasteiger partial charge on any atom is -0.459 e. The molecule has 2 aromatic carbocycles. The number of carbonyl (C=O) groups is 3. The van der Waals surface area contributed by atoms with Crippen molar-refractivity contribution in [1.29, 1.82) is 0 Å². The lowest BCUT2D eigenvalue weighted by Crippen LogP contribution is -2.73. The maximum Gasteiger partial charge on any atom is 0.335 e. The minimum atomic E-state index is -1.73. The van der Waals surface area contributed by atoms with Gasteiger partial charge < -0.3 is 9.16 Å². The summed E-state index contributed by atoms with van der Waals surface area (Å²) in [6.45, 7) is 13.3. The summed E-state index contributed by atoms with van der Waals surface area (Å²) in [5.74, 6) is -1.70. The highest BCUT2D eigenvalue weighted by Gasteiger charge is 2.65. The Hall–Kier alpha value is -2.77. The van der Waals surface area contributed by atoms with Crippen LogP contribution in [0.4, 0.5) is 0 Å². The van der Waals surface area contributed by atoms with Crippen molar-refractivity contribution in [1.82, 2.24) is 4.90 Å². The van der Waals surface area contributed by atoms with Crippen LogP contribution in [0.5, 0.6) is 0 Å². The molecular weight excluding hydrogens is 434 g/mol. The summed E-state index contributed by atoms with van der Waals surface area (Å²) >= 11 is 0. The van der Waals surface area contributed by atoms with Gasteiger partial charge in [-0.05, 0) is 50.1 Å². The van der Waals surface area contributed by atoms with Crippen molar-refractivity contribution in [3.05, 3.63) is 71.3 Å². The van der Waals surface area contributed by atoms with Crippen LogP contribution in [0.15, 0.2) is 54.6 Å². The van der Waals surface area contributed by atoms with Crippen LogP contribution < -0.4 is 0 Å². The molecule has 0 N–H and O–H groups in total. The van der Waals surface area contributed by atoms with Gasteiger partial charge in [-0.3, -0.25) is 14.5 Å². The van der Waals surface area contributed by atoms with E-state index >= 15 is 0 Å². The summed E-state index contributed by atoms with van der Waals surface area (Å²) in [5.41, 5.74) is -2.15. The summed E-state index contributed by atoms with van der Waals surface area (Å²) in [6.07, 6.45) is 0. The molecule has 0 aliphatic carbocycles. The van der Waals surface area contributed by atoms with Gasteiger partial charge in [0.25, 0.3) is 11.8 Å². The fourth-order valence-electron chi connectivity index (χ4n) is 4.45. The Balaban J connectivity index is 2.15. The van der Waals surface area contributed by atoms with Gasteiger partial charge in [0.2, 0.25) is 0 Å². The molecule has 7 heteroatoms. The monoisotopic (exact) mass is 467 g/mol. The molecule has 0 aromatic heterocycles. The van der Waals surface area contributed by atoms with Crippen LogP contribution in [0.2, 0.25) is 13.1 Å². The number of nitrogens with zero attached hydrogens (tertiary/aromatic N) is 1. The first-order chi connectivity index (χ1) is 15.3. The lowest BCUT2D eigenvalue weighted by molar-refractivity contribution is -0.181. The van der Waals surface area contributed by atoms with Crippen molar-refractivity contribution in [3.8, 4) is 0 Å². The highest BCUT2D eigenvalue weighted by molar-refractivity contribution is 6.48. The molecule has 176 valence electrons. The minimum absolute atomic E-state index is 0.0256. The maximum absolute atomic E-state index is 13.9. The second-order valence-corrected chi connectivity index (χ2v) is 12.4. The molecule has 1 aliphatic rings. The average molecular weight is 468 g/mol. The molecule has 6 nitrogen and oxygen atoms in total. The standard InChI is InChI=1S/C26H33NO5Si/c1-24(2,3)26(5,32-33(6)7)25(4,23(30)31-17-18-13-9-8-10-14-18)27-21(28)19-15-11-12-16-20(19)22(27)29/h8-16,33H,17H2,1-7H3/t25-,26-/m1/s1. The van der Waals surface area contributed by atoms with Crippen LogP contribution in [0.3, 0.4) is 0 Å². The maximum atomic E-state index is 13.9.